The molecule has 2 unspecified atom stereocenters. The highest BCUT2D eigenvalue weighted by atomic mass is 16.3. The fourth-order valence-electron chi connectivity index (χ4n) is 2.14. The Morgan fingerprint density at radius 2 is 2.14 bits per heavy atom. The van der Waals surface area contributed by atoms with Crippen molar-refractivity contribution in [2.75, 3.05) is 20.1 Å². The van der Waals surface area contributed by atoms with Gasteiger partial charge in [-0.15, -0.1) is 0 Å². The lowest BCUT2D eigenvalue weighted by Crippen LogP contribution is -2.44. The lowest BCUT2D eigenvalue weighted by atomic mass is 9.91. The number of hydrogen-bond acceptors (Lipinski definition) is 3. The molecule has 0 aromatic rings. The summed E-state index contributed by atoms with van der Waals surface area (Å²) in [6.07, 6.45) is 4.24. The molecule has 0 spiro atoms. The van der Waals surface area contributed by atoms with Crippen molar-refractivity contribution in [3.8, 4) is 0 Å². The fraction of sp³-hybridized carbons (Fsp3) is 0.818. The van der Waals surface area contributed by atoms with Crippen LogP contribution in [0.25, 0.3) is 0 Å². The van der Waals surface area contributed by atoms with Crippen LogP contribution in [0.1, 0.15) is 25.7 Å². The van der Waals surface area contributed by atoms with Gasteiger partial charge in [0.15, 0.2) is 0 Å². The predicted molar refractivity (Wildman–Crippen MR) is 59.1 cm³/mol. The molecule has 1 rings (SSSR count). The Bertz CT molecular complexity index is 194. The van der Waals surface area contributed by atoms with Crippen LogP contribution in [-0.4, -0.2) is 42.3 Å². The fourth-order valence-corrected chi connectivity index (χ4v) is 2.14. The molecule has 3 N–H and O–H groups in total. The van der Waals surface area contributed by atoms with Crippen molar-refractivity contribution in [2.24, 2.45) is 5.73 Å². The molecule has 0 heterocycles. The summed E-state index contributed by atoms with van der Waals surface area (Å²) in [5.41, 5.74) is 6.53. The van der Waals surface area contributed by atoms with E-state index in [-0.39, 0.29) is 6.10 Å². The third-order valence-corrected chi connectivity index (χ3v) is 3.02. The van der Waals surface area contributed by atoms with E-state index in [1.54, 1.807) is 0 Å². The van der Waals surface area contributed by atoms with Gasteiger partial charge in [-0.25, -0.2) is 0 Å². The summed E-state index contributed by atoms with van der Waals surface area (Å²) in [4.78, 5) is 2.18. The molecule has 0 bridgehead atoms. The van der Waals surface area contributed by atoms with Crippen LogP contribution in [0, 0.1) is 0 Å². The van der Waals surface area contributed by atoms with Crippen LogP contribution in [0.5, 0.6) is 0 Å². The van der Waals surface area contributed by atoms with Gasteiger partial charge in [0.1, 0.15) is 0 Å². The summed E-state index contributed by atoms with van der Waals surface area (Å²) in [5, 5.41) is 9.82. The van der Waals surface area contributed by atoms with Crippen molar-refractivity contribution in [1.82, 2.24) is 4.90 Å². The van der Waals surface area contributed by atoms with Gasteiger partial charge in [-0.05, 0) is 25.5 Å². The molecule has 0 amide bonds. The number of nitrogens with two attached hydrogens (primary N) is 1. The Kier molecular flexibility index (Phi) is 4.58. The lowest BCUT2D eigenvalue weighted by Gasteiger charge is -2.35. The molecule has 1 fully saturated rings. The highest BCUT2D eigenvalue weighted by molar-refractivity contribution is 5.00. The van der Waals surface area contributed by atoms with Crippen LogP contribution in [0.4, 0.5) is 0 Å². The first-order valence-electron chi connectivity index (χ1n) is 5.40. The molecule has 0 aromatic carbocycles. The standard InChI is InChI=1S/C11H22N2O/c1-9(7-12)8-13(2)10-5-3-4-6-11(10)14/h10-11,14H,1,3-8,12H2,2H3. The summed E-state index contributed by atoms with van der Waals surface area (Å²) in [6, 6.07) is 0.298. The summed E-state index contributed by atoms with van der Waals surface area (Å²) < 4.78 is 0. The van der Waals surface area contributed by atoms with E-state index in [0.29, 0.717) is 12.6 Å². The molecule has 82 valence electrons. The van der Waals surface area contributed by atoms with Gasteiger partial charge in [0.25, 0.3) is 0 Å². The van der Waals surface area contributed by atoms with Crippen molar-refractivity contribution in [2.45, 2.75) is 37.8 Å². The summed E-state index contributed by atoms with van der Waals surface area (Å²) in [7, 11) is 2.04. The molecule has 2 atom stereocenters. The number of nitrogens with zero attached hydrogens (tertiary/aromatic N) is 1. The number of likely N-dealkylation sites (N-methyl/N-ethyl adjacent to an activating group) is 1. The summed E-state index contributed by atoms with van der Waals surface area (Å²) >= 11 is 0. The van der Waals surface area contributed by atoms with Crippen molar-refractivity contribution < 1.29 is 5.11 Å². The van der Waals surface area contributed by atoms with E-state index < -0.39 is 0 Å². The van der Waals surface area contributed by atoms with Gasteiger partial charge in [0, 0.05) is 19.1 Å². The Labute approximate surface area is 86.6 Å². The normalized spacial score (nSPS) is 28.0. The van der Waals surface area contributed by atoms with Crippen LogP contribution in [0.2, 0.25) is 0 Å². The second-order valence-corrected chi connectivity index (χ2v) is 4.29. The van der Waals surface area contributed by atoms with Crippen LogP contribution in [0.3, 0.4) is 0 Å². The Hall–Kier alpha value is -0.380. The number of aliphatic hydroxyl groups excluding tert-OH is 1. The molecule has 14 heavy (non-hydrogen) atoms. The van der Waals surface area contributed by atoms with Crippen molar-refractivity contribution in [3.05, 3.63) is 12.2 Å². The maximum Gasteiger partial charge on any atom is 0.0695 e. The summed E-state index contributed by atoms with van der Waals surface area (Å²) in [5.74, 6) is 0. The number of rotatable bonds is 4. The molecule has 3 nitrogen and oxygen atoms in total. The molecule has 0 aromatic heterocycles. The van der Waals surface area contributed by atoms with E-state index in [1.165, 1.54) is 6.42 Å². The molecule has 0 aliphatic heterocycles. The van der Waals surface area contributed by atoms with Gasteiger partial charge in [-0.1, -0.05) is 19.4 Å². The topological polar surface area (TPSA) is 49.5 Å². The van der Waals surface area contributed by atoms with Gasteiger partial charge < -0.3 is 10.8 Å². The SMILES string of the molecule is C=C(CN)CN(C)C1CCCCC1O. The average molecular weight is 198 g/mol. The second-order valence-electron chi connectivity index (χ2n) is 4.29. The smallest absolute Gasteiger partial charge is 0.0695 e. The van der Waals surface area contributed by atoms with Crippen molar-refractivity contribution >= 4 is 0 Å². The molecule has 0 radical (unpaired) electrons. The largest absolute Gasteiger partial charge is 0.391 e. The van der Waals surface area contributed by atoms with Gasteiger partial charge >= 0.3 is 0 Å². The highest BCUT2D eigenvalue weighted by Crippen LogP contribution is 2.22. The quantitative estimate of drug-likeness (QED) is 0.655. The van der Waals surface area contributed by atoms with Crippen molar-refractivity contribution in [1.29, 1.82) is 0 Å². The van der Waals surface area contributed by atoms with Gasteiger partial charge in [0.05, 0.1) is 6.10 Å². The van der Waals surface area contributed by atoms with Gasteiger partial charge in [-0.2, -0.15) is 0 Å². The second kappa shape index (κ2) is 5.49. The molecule has 3 heteroatoms. The van der Waals surface area contributed by atoms with E-state index in [1.807, 2.05) is 7.05 Å². The Morgan fingerprint density at radius 1 is 1.50 bits per heavy atom. The molecule has 1 aliphatic carbocycles. The zero-order chi connectivity index (χ0) is 10.6. The zero-order valence-corrected chi connectivity index (χ0v) is 9.08. The Balaban J connectivity index is 2.41. The van der Waals surface area contributed by atoms with Gasteiger partial charge in [0.2, 0.25) is 0 Å². The first-order chi connectivity index (χ1) is 6.65. The maximum atomic E-state index is 9.82. The molecule has 1 saturated carbocycles. The van der Waals surface area contributed by atoms with E-state index in [4.69, 9.17) is 5.73 Å². The highest BCUT2D eigenvalue weighted by Gasteiger charge is 2.26. The molecular formula is C11H22N2O. The molecule has 1 aliphatic rings. The zero-order valence-electron chi connectivity index (χ0n) is 9.08. The van der Waals surface area contributed by atoms with E-state index in [2.05, 4.69) is 11.5 Å². The van der Waals surface area contributed by atoms with Crippen molar-refractivity contribution in [3.63, 3.8) is 0 Å². The maximum absolute atomic E-state index is 9.82. The van der Waals surface area contributed by atoms with Gasteiger partial charge in [-0.3, -0.25) is 4.90 Å². The summed E-state index contributed by atoms with van der Waals surface area (Å²) in [6.45, 7) is 5.22. The molecular weight excluding hydrogens is 176 g/mol. The Morgan fingerprint density at radius 3 is 2.71 bits per heavy atom. The predicted octanol–water partition coefficient (Wildman–Crippen LogP) is 0.737. The first-order valence-corrected chi connectivity index (χ1v) is 5.40. The minimum Gasteiger partial charge on any atom is -0.391 e. The van der Waals surface area contributed by atoms with Crippen LogP contribution in [0.15, 0.2) is 12.2 Å². The minimum absolute atomic E-state index is 0.167. The van der Waals surface area contributed by atoms with Crippen LogP contribution < -0.4 is 5.73 Å². The minimum atomic E-state index is -0.167. The van der Waals surface area contributed by atoms with E-state index in [0.717, 1.165) is 31.4 Å². The lowest BCUT2D eigenvalue weighted by molar-refractivity contribution is 0.0362. The third kappa shape index (κ3) is 3.08. The number of aliphatic hydroxyl groups is 1. The monoisotopic (exact) mass is 198 g/mol. The van der Waals surface area contributed by atoms with E-state index >= 15 is 0 Å². The number of hydrogen-bond donors (Lipinski definition) is 2. The third-order valence-electron chi connectivity index (χ3n) is 3.02. The van der Waals surface area contributed by atoms with Crippen LogP contribution >= 0.6 is 0 Å². The first kappa shape index (κ1) is 11.7. The van der Waals surface area contributed by atoms with Crippen LogP contribution in [-0.2, 0) is 0 Å². The molecule has 0 saturated heterocycles. The average Bonchev–Trinajstić information content (AvgIpc) is 2.18. The van der Waals surface area contributed by atoms with E-state index in [9.17, 15) is 5.11 Å².